The molecule has 1 amide bonds. The molecule has 2 N–H and O–H groups in total. The molecule has 1 aromatic rings. The van der Waals surface area contributed by atoms with Crippen molar-refractivity contribution >= 4 is 40.5 Å². The van der Waals surface area contributed by atoms with Crippen LogP contribution in [0.2, 0.25) is 5.02 Å². The van der Waals surface area contributed by atoms with Gasteiger partial charge in [-0.1, -0.05) is 17.7 Å². The molecule has 0 saturated heterocycles. The van der Waals surface area contributed by atoms with Gasteiger partial charge in [-0.2, -0.15) is 0 Å². The quantitative estimate of drug-likeness (QED) is 0.750. The van der Waals surface area contributed by atoms with E-state index in [0.29, 0.717) is 10.1 Å². The highest BCUT2D eigenvalue weighted by Gasteiger charge is 2.54. The van der Waals surface area contributed by atoms with E-state index in [2.05, 4.69) is 10.6 Å². The standard InChI is InChI=1S/C19H23ClN2OS/c1-11-15(20)3-2-4-16(11)21-18(24)22-17(23)19-8-12-5-13(9-19)7-14(6-12)10-19/h2-4,12-14H,5-10H2,1H3,(H2,21,22,23,24). The molecule has 3 nitrogen and oxygen atoms in total. The highest BCUT2D eigenvalue weighted by atomic mass is 35.5. The smallest absolute Gasteiger partial charge is 0.232 e. The molecule has 4 saturated carbocycles. The minimum atomic E-state index is -0.177. The maximum Gasteiger partial charge on any atom is 0.232 e. The van der Waals surface area contributed by atoms with Crippen molar-refractivity contribution in [1.82, 2.24) is 5.32 Å². The van der Waals surface area contributed by atoms with Gasteiger partial charge in [-0.3, -0.25) is 4.79 Å². The Labute approximate surface area is 153 Å². The topological polar surface area (TPSA) is 41.1 Å². The number of carbonyl (C=O) groups is 1. The molecule has 0 heterocycles. The van der Waals surface area contributed by atoms with Crippen molar-refractivity contribution in [1.29, 1.82) is 0 Å². The van der Waals surface area contributed by atoms with Gasteiger partial charge in [0.2, 0.25) is 5.91 Å². The van der Waals surface area contributed by atoms with Crippen LogP contribution in [0.3, 0.4) is 0 Å². The van der Waals surface area contributed by atoms with E-state index in [1.165, 1.54) is 19.3 Å². The fourth-order valence-electron chi connectivity index (χ4n) is 5.52. The SMILES string of the molecule is Cc1c(Cl)cccc1NC(=S)NC(=O)C12CC3CC(CC(C3)C1)C2. The largest absolute Gasteiger partial charge is 0.332 e. The fraction of sp³-hybridized carbons (Fsp3) is 0.579. The van der Waals surface area contributed by atoms with Crippen LogP contribution in [0.15, 0.2) is 18.2 Å². The summed E-state index contributed by atoms with van der Waals surface area (Å²) >= 11 is 11.5. The third-order valence-corrected chi connectivity index (χ3v) is 6.88. The number of halogens is 1. The van der Waals surface area contributed by atoms with E-state index in [4.69, 9.17) is 23.8 Å². The highest BCUT2D eigenvalue weighted by Crippen LogP contribution is 2.60. The lowest BCUT2D eigenvalue weighted by atomic mass is 9.49. The van der Waals surface area contributed by atoms with E-state index < -0.39 is 0 Å². The van der Waals surface area contributed by atoms with E-state index >= 15 is 0 Å². The van der Waals surface area contributed by atoms with Crippen LogP contribution in [0.4, 0.5) is 5.69 Å². The summed E-state index contributed by atoms with van der Waals surface area (Å²) in [4.78, 5) is 13.0. The average molecular weight is 363 g/mol. The van der Waals surface area contributed by atoms with Gasteiger partial charge >= 0.3 is 0 Å². The zero-order valence-electron chi connectivity index (χ0n) is 13.9. The summed E-state index contributed by atoms with van der Waals surface area (Å²) in [6.07, 6.45) is 7.13. The second-order valence-electron chi connectivity index (χ2n) is 8.02. The number of nitrogens with one attached hydrogen (secondary N) is 2. The predicted molar refractivity (Wildman–Crippen MR) is 101 cm³/mol. The van der Waals surface area contributed by atoms with Crippen molar-refractivity contribution in [2.45, 2.75) is 45.4 Å². The lowest BCUT2D eigenvalue weighted by Gasteiger charge is -2.55. The molecule has 4 bridgehead atoms. The van der Waals surface area contributed by atoms with Gasteiger partial charge in [0.1, 0.15) is 0 Å². The molecule has 1 aromatic carbocycles. The molecular formula is C19H23ClN2OS. The molecule has 0 unspecified atom stereocenters. The van der Waals surface area contributed by atoms with Gasteiger partial charge < -0.3 is 10.6 Å². The molecule has 5 heteroatoms. The Bertz CT molecular complexity index is 667. The number of hydrogen-bond acceptors (Lipinski definition) is 2. The second kappa shape index (κ2) is 5.99. The Morgan fingerprint density at radius 2 is 1.75 bits per heavy atom. The number of carbonyl (C=O) groups excluding carboxylic acids is 1. The lowest BCUT2D eigenvalue weighted by molar-refractivity contribution is -0.144. The van der Waals surface area contributed by atoms with Gasteiger partial charge in [-0.05, 0) is 93.1 Å². The van der Waals surface area contributed by atoms with Gasteiger partial charge in [0, 0.05) is 10.7 Å². The fourth-order valence-corrected chi connectivity index (χ4v) is 5.90. The summed E-state index contributed by atoms with van der Waals surface area (Å²) in [6.45, 7) is 1.94. The van der Waals surface area contributed by atoms with Crippen molar-refractivity contribution in [2.75, 3.05) is 5.32 Å². The first-order valence-corrected chi connectivity index (χ1v) is 9.61. The predicted octanol–water partition coefficient (Wildman–Crippen LogP) is 4.68. The minimum absolute atomic E-state index is 0.124. The molecule has 24 heavy (non-hydrogen) atoms. The molecule has 0 atom stereocenters. The molecular weight excluding hydrogens is 340 g/mol. The first kappa shape index (κ1) is 16.3. The maximum absolute atomic E-state index is 13.0. The molecule has 4 aliphatic carbocycles. The summed E-state index contributed by atoms with van der Waals surface area (Å²) < 4.78 is 0. The Balaban J connectivity index is 1.44. The first-order valence-electron chi connectivity index (χ1n) is 8.83. The summed E-state index contributed by atoms with van der Waals surface area (Å²) in [5, 5.41) is 7.17. The number of amides is 1. The molecule has 5 rings (SSSR count). The van der Waals surface area contributed by atoms with E-state index in [-0.39, 0.29) is 11.3 Å². The number of benzene rings is 1. The zero-order valence-corrected chi connectivity index (χ0v) is 15.5. The molecule has 0 aromatic heterocycles. The Hall–Kier alpha value is -1.13. The molecule has 4 fully saturated rings. The average Bonchev–Trinajstić information content (AvgIpc) is 2.50. The van der Waals surface area contributed by atoms with Gasteiger partial charge in [0.05, 0.1) is 5.41 Å². The zero-order chi connectivity index (χ0) is 16.9. The summed E-state index contributed by atoms with van der Waals surface area (Å²) in [7, 11) is 0. The van der Waals surface area contributed by atoms with Crippen LogP contribution in [0.25, 0.3) is 0 Å². The van der Waals surface area contributed by atoms with Crippen LogP contribution >= 0.6 is 23.8 Å². The lowest BCUT2D eigenvalue weighted by Crippen LogP contribution is -2.55. The number of anilines is 1. The van der Waals surface area contributed by atoms with Gasteiger partial charge in [0.25, 0.3) is 0 Å². The molecule has 0 spiro atoms. The number of rotatable bonds is 2. The number of hydrogen-bond donors (Lipinski definition) is 2. The first-order chi connectivity index (χ1) is 11.4. The van der Waals surface area contributed by atoms with Crippen LogP contribution in [0.5, 0.6) is 0 Å². The monoisotopic (exact) mass is 362 g/mol. The van der Waals surface area contributed by atoms with Crippen molar-refractivity contribution < 1.29 is 4.79 Å². The third kappa shape index (κ3) is 2.84. The van der Waals surface area contributed by atoms with Crippen LogP contribution in [-0.4, -0.2) is 11.0 Å². The summed E-state index contributed by atoms with van der Waals surface area (Å²) in [5.41, 5.74) is 1.60. The van der Waals surface area contributed by atoms with Crippen LogP contribution in [0.1, 0.15) is 44.1 Å². The Morgan fingerprint density at radius 3 is 2.33 bits per heavy atom. The highest BCUT2D eigenvalue weighted by molar-refractivity contribution is 7.80. The minimum Gasteiger partial charge on any atom is -0.332 e. The van der Waals surface area contributed by atoms with Crippen molar-refractivity contribution in [3.05, 3.63) is 28.8 Å². The molecule has 4 aliphatic rings. The third-order valence-electron chi connectivity index (χ3n) is 6.26. The van der Waals surface area contributed by atoms with Crippen molar-refractivity contribution in [3.8, 4) is 0 Å². The molecule has 0 aliphatic heterocycles. The Morgan fingerprint density at radius 1 is 1.17 bits per heavy atom. The molecule has 0 radical (unpaired) electrons. The Kier molecular flexibility index (Phi) is 4.08. The van der Waals surface area contributed by atoms with E-state index in [9.17, 15) is 4.79 Å². The number of thiocarbonyl (C=S) groups is 1. The van der Waals surface area contributed by atoms with Gasteiger partial charge in [-0.25, -0.2) is 0 Å². The summed E-state index contributed by atoms with van der Waals surface area (Å²) in [6, 6.07) is 5.64. The van der Waals surface area contributed by atoms with Gasteiger partial charge in [-0.15, -0.1) is 0 Å². The van der Waals surface area contributed by atoms with E-state index in [1.807, 2.05) is 25.1 Å². The van der Waals surface area contributed by atoms with Crippen molar-refractivity contribution in [2.24, 2.45) is 23.2 Å². The van der Waals surface area contributed by atoms with Crippen LogP contribution in [-0.2, 0) is 4.79 Å². The normalized spacial score (nSPS) is 33.3. The maximum atomic E-state index is 13.0. The van der Waals surface area contributed by atoms with Crippen molar-refractivity contribution in [3.63, 3.8) is 0 Å². The van der Waals surface area contributed by atoms with Gasteiger partial charge in [0.15, 0.2) is 5.11 Å². The van der Waals surface area contributed by atoms with E-state index in [1.54, 1.807) is 0 Å². The van der Waals surface area contributed by atoms with E-state index in [0.717, 1.165) is 48.3 Å². The molecule has 128 valence electrons. The summed E-state index contributed by atoms with van der Waals surface area (Å²) in [5.74, 6) is 2.37. The van der Waals surface area contributed by atoms with Crippen LogP contribution in [0, 0.1) is 30.1 Å². The van der Waals surface area contributed by atoms with Crippen LogP contribution < -0.4 is 10.6 Å². The second-order valence-corrected chi connectivity index (χ2v) is 8.83.